The first-order valence-corrected chi connectivity index (χ1v) is 6.01. The predicted molar refractivity (Wildman–Crippen MR) is 76.8 cm³/mol. The molecule has 100 valence electrons. The van der Waals surface area contributed by atoms with Crippen LogP contribution in [0, 0.1) is 28.9 Å². The molecule has 0 radical (unpaired) electrons. The molecule has 0 N–H and O–H groups in total. The van der Waals surface area contributed by atoms with Crippen LogP contribution in [-0.2, 0) is 0 Å². The minimum Gasteiger partial charge on any atom is -0.497 e. The summed E-state index contributed by atoms with van der Waals surface area (Å²) in [6, 6.07) is 12.2. The van der Waals surface area contributed by atoms with E-state index in [-0.39, 0.29) is 5.69 Å². The zero-order chi connectivity index (χ0) is 14.5. The minimum absolute atomic E-state index is 0.0333. The van der Waals surface area contributed by atoms with E-state index >= 15 is 0 Å². The number of nitro benzene ring substituents is 1. The highest BCUT2D eigenvalue weighted by Crippen LogP contribution is 2.19. The van der Waals surface area contributed by atoms with Crippen molar-refractivity contribution in [2.24, 2.45) is 0 Å². The maximum atomic E-state index is 11.0. The highest BCUT2D eigenvalue weighted by Gasteiger charge is 2.11. The van der Waals surface area contributed by atoms with Crippen LogP contribution in [0.25, 0.3) is 0 Å². The molecule has 2 rings (SSSR count). The highest BCUT2D eigenvalue weighted by atomic mass is 16.6. The van der Waals surface area contributed by atoms with Gasteiger partial charge in [-0.15, -0.1) is 0 Å². The summed E-state index contributed by atoms with van der Waals surface area (Å²) in [5.41, 5.74) is 2.06. The second kappa shape index (κ2) is 5.89. The molecule has 0 aliphatic carbocycles. The van der Waals surface area contributed by atoms with Gasteiger partial charge in [0.05, 0.1) is 12.0 Å². The first kappa shape index (κ1) is 13.6. The molecule has 0 saturated heterocycles. The van der Waals surface area contributed by atoms with E-state index in [1.807, 2.05) is 25.1 Å². The van der Waals surface area contributed by atoms with Gasteiger partial charge in [-0.05, 0) is 42.8 Å². The van der Waals surface area contributed by atoms with Gasteiger partial charge in [0.1, 0.15) is 11.3 Å². The molecule has 0 amide bonds. The van der Waals surface area contributed by atoms with Crippen molar-refractivity contribution in [1.82, 2.24) is 0 Å². The van der Waals surface area contributed by atoms with Gasteiger partial charge in [0, 0.05) is 11.6 Å². The second-order valence-corrected chi connectivity index (χ2v) is 4.26. The van der Waals surface area contributed by atoms with E-state index in [1.165, 1.54) is 6.07 Å². The van der Waals surface area contributed by atoms with Gasteiger partial charge in [-0.3, -0.25) is 10.1 Å². The van der Waals surface area contributed by atoms with Gasteiger partial charge in [-0.2, -0.15) is 0 Å². The lowest BCUT2D eigenvalue weighted by molar-refractivity contribution is -0.385. The molecule has 0 heterocycles. The van der Waals surface area contributed by atoms with Crippen LogP contribution in [0.3, 0.4) is 0 Å². The van der Waals surface area contributed by atoms with Crippen LogP contribution in [0.2, 0.25) is 0 Å². The molecule has 2 aromatic rings. The summed E-state index contributed by atoms with van der Waals surface area (Å²) in [6.45, 7) is 1.81. The van der Waals surface area contributed by atoms with Gasteiger partial charge in [-0.1, -0.05) is 17.9 Å². The molecule has 2 aromatic carbocycles. The summed E-state index contributed by atoms with van der Waals surface area (Å²) >= 11 is 0. The van der Waals surface area contributed by atoms with Gasteiger partial charge in [0.25, 0.3) is 5.69 Å². The van der Waals surface area contributed by atoms with Gasteiger partial charge >= 0.3 is 0 Å². The monoisotopic (exact) mass is 267 g/mol. The summed E-state index contributed by atoms with van der Waals surface area (Å²) < 4.78 is 5.06. The molecule has 4 heteroatoms. The number of ether oxygens (including phenoxy) is 1. The van der Waals surface area contributed by atoms with Gasteiger partial charge < -0.3 is 4.74 Å². The van der Waals surface area contributed by atoms with E-state index in [2.05, 4.69) is 11.8 Å². The van der Waals surface area contributed by atoms with Crippen LogP contribution in [-0.4, -0.2) is 12.0 Å². The smallest absolute Gasteiger partial charge is 0.285 e. The van der Waals surface area contributed by atoms with Crippen LogP contribution < -0.4 is 4.74 Å². The van der Waals surface area contributed by atoms with Crippen molar-refractivity contribution in [1.29, 1.82) is 0 Å². The first-order valence-electron chi connectivity index (χ1n) is 6.01. The minimum atomic E-state index is -0.412. The third-order valence-corrected chi connectivity index (χ3v) is 2.78. The average Bonchev–Trinajstić information content (AvgIpc) is 2.46. The molecular formula is C16H13NO3. The van der Waals surface area contributed by atoms with Crippen LogP contribution >= 0.6 is 0 Å². The fraction of sp³-hybridized carbons (Fsp3) is 0.125. The van der Waals surface area contributed by atoms with Crippen LogP contribution in [0.5, 0.6) is 5.75 Å². The van der Waals surface area contributed by atoms with Crippen molar-refractivity contribution in [3.63, 3.8) is 0 Å². The summed E-state index contributed by atoms with van der Waals surface area (Å²) in [7, 11) is 1.59. The number of rotatable bonds is 2. The van der Waals surface area contributed by atoms with E-state index in [9.17, 15) is 10.1 Å². The fourth-order valence-electron chi connectivity index (χ4n) is 1.71. The third kappa shape index (κ3) is 3.15. The Kier molecular flexibility index (Phi) is 4.02. The maximum Gasteiger partial charge on any atom is 0.285 e. The number of nitrogens with zero attached hydrogens (tertiary/aromatic N) is 1. The molecule has 0 saturated carbocycles. The zero-order valence-electron chi connectivity index (χ0n) is 11.2. The van der Waals surface area contributed by atoms with Gasteiger partial charge in [0.15, 0.2) is 0 Å². The molecule has 0 aliphatic heterocycles. The van der Waals surface area contributed by atoms with E-state index < -0.39 is 4.92 Å². The molecule has 0 unspecified atom stereocenters. The van der Waals surface area contributed by atoms with Gasteiger partial charge in [0.2, 0.25) is 0 Å². The topological polar surface area (TPSA) is 52.4 Å². The molecular weight excluding hydrogens is 254 g/mol. The summed E-state index contributed by atoms with van der Waals surface area (Å²) in [5, 5.41) is 11.0. The van der Waals surface area contributed by atoms with Crippen molar-refractivity contribution in [2.75, 3.05) is 7.11 Å². The number of nitro groups is 1. The maximum absolute atomic E-state index is 11.0. The largest absolute Gasteiger partial charge is 0.497 e. The predicted octanol–water partition coefficient (Wildman–Crippen LogP) is 3.31. The number of hydrogen-bond acceptors (Lipinski definition) is 3. The molecule has 0 bridgehead atoms. The Morgan fingerprint density at radius 2 is 1.80 bits per heavy atom. The lowest BCUT2D eigenvalue weighted by Gasteiger charge is -1.98. The molecule has 0 spiro atoms. The average molecular weight is 267 g/mol. The van der Waals surface area contributed by atoms with E-state index in [0.29, 0.717) is 5.56 Å². The Balaban J connectivity index is 2.34. The molecule has 0 aliphatic rings. The Bertz CT molecular complexity index is 694. The molecule has 20 heavy (non-hydrogen) atoms. The summed E-state index contributed by atoms with van der Waals surface area (Å²) in [5.74, 6) is 6.51. The quantitative estimate of drug-likeness (QED) is 0.476. The fourth-order valence-corrected chi connectivity index (χ4v) is 1.71. The van der Waals surface area contributed by atoms with Crippen molar-refractivity contribution in [2.45, 2.75) is 6.92 Å². The SMILES string of the molecule is COc1ccc(C#Cc2ccc(C)cc2[N+](=O)[O-])cc1. The highest BCUT2D eigenvalue weighted by molar-refractivity contribution is 5.54. The molecule has 0 fully saturated rings. The molecule has 4 nitrogen and oxygen atoms in total. The number of hydrogen-bond donors (Lipinski definition) is 0. The summed E-state index contributed by atoms with van der Waals surface area (Å²) in [4.78, 5) is 10.6. The molecule has 0 aromatic heterocycles. The number of aryl methyl sites for hydroxylation is 1. The van der Waals surface area contributed by atoms with Crippen LogP contribution in [0.1, 0.15) is 16.7 Å². The normalized spacial score (nSPS) is 9.50. The van der Waals surface area contributed by atoms with Crippen molar-refractivity contribution in [3.8, 4) is 17.6 Å². The zero-order valence-corrected chi connectivity index (χ0v) is 11.2. The standard InChI is InChI=1S/C16H13NO3/c1-12-3-7-14(16(11-12)17(18)19)8-4-13-5-9-15(20-2)10-6-13/h3,5-7,9-11H,1-2H3. The first-order chi connectivity index (χ1) is 9.60. The van der Waals surface area contributed by atoms with E-state index in [1.54, 1.807) is 25.3 Å². The Morgan fingerprint density at radius 3 is 2.40 bits per heavy atom. The van der Waals surface area contributed by atoms with E-state index in [4.69, 9.17) is 4.74 Å². The summed E-state index contributed by atoms with van der Waals surface area (Å²) in [6.07, 6.45) is 0. The van der Waals surface area contributed by atoms with Gasteiger partial charge in [-0.25, -0.2) is 0 Å². The third-order valence-electron chi connectivity index (χ3n) is 2.78. The Labute approximate surface area is 117 Å². The van der Waals surface area contributed by atoms with Crippen LogP contribution in [0.15, 0.2) is 42.5 Å². The number of benzene rings is 2. The molecule has 0 atom stereocenters. The Morgan fingerprint density at radius 1 is 1.10 bits per heavy atom. The van der Waals surface area contributed by atoms with Crippen molar-refractivity contribution in [3.05, 3.63) is 69.3 Å². The van der Waals surface area contributed by atoms with Crippen molar-refractivity contribution < 1.29 is 9.66 Å². The lowest BCUT2D eigenvalue weighted by Crippen LogP contribution is -1.92. The van der Waals surface area contributed by atoms with Crippen LogP contribution in [0.4, 0.5) is 5.69 Å². The Hall–Kier alpha value is -2.80. The van der Waals surface area contributed by atoms with E-state index in [0.717, 1.165) is 16.9 Å². The second-order valence-electron chi connectivity index (χ2n) is 4.26. The lowest BCUT2D eigenvalue weighted by atomic mass is 10.1. The number of methoxy groups -OCH3 is 1. The van der Waals surface area contributed by atoms with Crippen molar-refractivity contribution >= 4 is 5.69 Å².